The van der Waals surface area contributed by atoms with Crippen LogP contribution in [0.25, 0.3) is 11.0 Å². The highest BCUT2D eigenvalue weighted by Gasteiger charge is 2.35. The number of carbonyl (C=O) groups is 6. The molecule has 0 unspecified atom stereocenters. The summed E-state index contributed by atoms with van der Waals surface area (Å²) in [4.78, 5) is 98.0. The number of nitrogens with zero attached hydrogens (tertiary/aromatic N) is 5. The van der Waals surface area contributed by atoms with Crippen molar-refractivity contribution in [2.45, 2.75) is 27.7 Å². The van der Waals surface area contributed by atoms with Crippen molar-refractivity contribution in [3.63, 3.8) is 0 Å². The van der Waals surface area contributed by atoms with Gasteiger partial charge in [0.25, 0.3) is 35.4 Å². The first-order valence-electron chi connectivity index (χ1n) is 15.6. The number of rotatable bonds is 7. The van der Waals surface area contributed by atoms with E-state index in [1.165, 1.54) is 60.1 Å². The Morgan fingerprint density at radius 1 is 0.708 bits per heavy atom. The molecular weight excluding hydrogens is 618 g/mol. The fraction of sp³-hybridized carbons (Fsp3) is 0.286. The normalized spacial score (nSPS) is 16.7. The van der Waals surface area contributed by atoms with Gasteiger partial charge >= 0.3 is 5.63 Å². The van der Waals surface area contributed by atoms with Gasteiger partial charge < -0.3 is 19.1 Å². The lowest BCUT2D eigenvalue weighted by Crippen LogP contribution is -2.51. The lowest BCUT2D eigenvalue weighted by molar-refractivity contribution is -0.121. The Bertz CT molecular complexity index is 1980. The first kappa shape index (κ1) is 32.1. The minimum Gasteiger partial charge on any atom is -0.422 e. The second-order valence-electron chi connectivity index (χ2n) is 11.8. The molecule has 1 saturated heterocycles. The number of hydrogen-bond acceptors (Lipinski definition) is 9. The minimum absolute atomic E-state index is 0.0326. The van der Waals surface area contributed by atoms with Crippen LogP contribution in [0.2, 0.25) is 0 Å². The topological polar surface area (TPSA) is 149 Å². The first-order valence-corrected chi connectivity index (χ1v) is 15.6. The van der Waals surface area contributed by atoms with Crippen molar-refractivity contribution in [3.05, 3.63) is 87.3 Å². The molecule has 1 fully saturated rings. The molecule has 4 heterocycles. The molecule has 246 valence electrons. The Morgan fingerprint density at radius 2 is 1.23 bits per heavy atom. The summed E-state index contributed by atoms with van der Waals surface area (Å²) in [5.74, 6) is -3.41. The number of imide groups is 2. The van der Waals surface area contributed by atoms with E-state index in [-0.39, 0.29) is 59.8 Å². The van der Waals surface area contributed by atoms with Gasteiger partial charge in [-0.1, -0.05) is 0 Å². The van der Waals surface area contributed by atoms with Crippen LogP contribution in [0.5, 0.6) is 0 Å². The van der Waals surface area contributed by atoms with Gasteiger partial charge in [0.05, 0.1) is 11.4 Å². The standard InChI is InChI=1S/C35H33N5O8/c1-5-36(6-2)24-8-7-22-17-27(35(47)48-28(22)19-24)34(46)38-11-9-37(10-12-38)33(45)23-15-25(39-29(41)13-20(3)31(39)43)18-26(16-23)40-30(42)14-21(4)32(40)44/h7-8,13-19H,5-6,9-12H2,1-4H3. The molecule has 48 heavy (non-hydrogen) atoms. The zero-order valence-electron chi connectivity index (χ0n) is 26.9. The van der Waals surface area contributed by atoms with Gasteiger partial charge in [0.2, 0.25) is 0 Å². The molecule has 0 atom stereocenters. The molecule has 1 aromatic heterocycles. The molecule has 0 aliphatic carbocycles. The number of hydrogen-bond donors (Lipinski definition) is 0. The first-order chi connectivity index (χ1) is 22.9. The fourth-order valence-electron chi connectivity index (χ4n) is 6.14. The highest BCUT2D eigenvalue weighted by molar-refractivity contribution is 6.32. The highest BCUT2D eigenvalue weighted by atomic mass is 16.4. The van der Waals surface area contributed by atoms with E-state index < -0.39 is 41.1 Å². The predicted octanol–water partition coefficient (Wildman–Crippen LogP) is 2.88. The van der Waals surface area contributed by atoms with Gasteiger partial charge in [-0.05, 0) is 64.1 Å². The van der Waals surface area contributed by atoms with Crippen LogP contribution in [0.1, 0.15) is 48.4 Å². The molecule has 0 saturated carbocycles. The van der Waals surface area contributed by atoms with Crippen molar-refractivity contribution in [3.8, 4) is 0 Å². The fourth-order valence-corrected chi connectivity index (χ4v) is 6.14. The van der Waals surface area contributed by atoms with Gasteiger partial charge in [0, 0.05) is 85.3 Å². The summed E-state index contributed by atoms with van der Waals surface area (Å²) in [6.07, 6.45) is 2.34. The third kappa shape index (κ3) is 5.57. The molecule has 0 N–H and O–H groups in total. The summed E-state index contributed by atoms with van der Waals surface area (Å²) >= 11 is 0. The number of fused-ring (bicyclic) bond motifs is 1. The summed E-state index contributed by atoms with van der Waals surface area (Å²) in [6.45, 7) is 9.07. The predicted molar refractivity (Wildman–Crippen MR) is 177 cm³/mol. The van der Waals surface area contributed by atoms with Gasteiger partial charge in [0.15, 0.2) is 0 Å². The number of benzene rings is 2. The van der Waals surface area contributed by atoms with Crippen molar-refractivity contribution in [1.82, 2.24) is 9.80 Å². The van der Waals surface area contributed by atoms with Gasteiger partial charge in [-0.15, -0.1) is 0 Å². The van der Waals surface area contributed by atoms with E-state index in [0.717, 1.165) is 28.6 Å². The number of anilines is 3. The van der Waals surface area contributed by atoms with Crippen LogP contribution in [0, 0.1) is 0 Å². The lowest BCUT2D eigenvalue weighted by Gasteiger charge is -2.35. The third-order valence-corrected chi connectivity index (χ3v) is 8.80. The molecule has 13 heteroatoms. The largest absolute Gasteiger partial charge is 0.422 e. The van der Waals surface area contributed by atoms with Crippen LogP contribution in [0.3, 0.4) is 0 Å². The van der Waals surface area contributed by atoms with Gasteiger partial charge in [-0.25, -0.2) is 14.6 Å². The summed E-state index contributed by atoms with van der Waals surface area (Å²) in [5.41, 5.74) is 0.937. The molecule has 6 rings (SSSR count). The Morgan fingerprint density at radius 3 is 1.71 bits per heavy atom. The van der Waals surface area contributed by atoms with E-state index >= 15 is 0 Å². The summed E-state index contributed by atoms with van der Waals surface area (Å²) in [6, 6.07) is 11.1. The van der Waals surface area contributed by atoms with E-state index in [1.54, 1.807) is 6.07 Å². The zero-order chi connectivity index (χ0) is 34.4. The number of amides is 6. The minimum atomic E-state index is -0.751. The van der Waals surface area contributed by atoms with Crippen LogP contribution in [-0.4, -0.2) is 84.5 Å². The van der Waals surface area contributed by atoms with Crippen LogP contribution < -0.4 is 20.3 Å². The second kappa shape index (κ2) is 12.4. The van der Waals surface area contributed by atoms with Crippen LogP contribution in [0.15, 0.2) is 75.0 Å². The van der Waals surface area contributed by atoms with Crippen molar-refractivity contribution in [2.75, 3.05) is 54.0 Å². The maximum Gasteiger partial charge on any atom is 0.349 e. The molecule has 3 aliphatic rings. The SMILES string of the molecule is CCN(CC)c1ccc2cc(C(=O)N3CCN(C(=O)c4cc(N5C(=O)C=C(C)C5=O)cc(N5C(=O)C=C(C)C5=O)c4)CC3)c(=O)oc2c1. The molecule has 0 spiro atoms. The van der Waals surface area contributed by atoms with Gasteiger partial charge in [0.1, 0.15) is 11.1 Å². The van der Waals surface area contributed by atoms with Crippen LogP contribution in [0.4, 0.5) is 17.1 Å². The summed E-state index contributed by atoms with van der Waals surface area (Å²) in [7, 11) is 0. The Balaban J connectivity index is 1.22. The van der Waals surface area contributed by atoms with E-state index in [2.05, 4.69) is 4.90 Å². The lowest BCUT2D eigenvalue weighted by atomic mass is 10.1. The van der Waals surface area contributed by atoms with E-state index in [4.69, 9.17) is 4.42 Å². The third-order valence-electron chi connectivity index (χ3n) is 8.80. The summed E-state index contributed by atoms with van der Waals surface area (Å²) < 4.78 is 5.55. The van der Waals surface area contributed by atoms with Crippen molar-refractivity contribution in [1.29, 1.82) is 0 Å². The van der Waals surface area contributed by atoms with E-state index in [9.17, 15) is 33.6 Å². The smallest absolute Gasteiger partial charge is 0.349 e. The van der Waals surface area contributed by atoms with E-state index in [1.807, 2.05) is 26.0 Å². The van der Waals surface area contributed by atoms with Crippen molar-refractivity contribution in [2.24, 2.45) is 0 Å². The number of carbonyl (C=O) groups excluding carboxylic acids is 6. The highest BCUT2D eigenvalue weighted by Crippen LogP contribution is 2.32. The van der Waals surface area contributed by atoms with E-state index in [0.29, 0.717) is 11.0 Å². The van der Waals surface area contributed by atoms with Crippen LogP contribution in [-0.2, 0) is 19.2 Å². The van der Waals surface area contributed by atoms with Gasteiger partial charge in [-0.3, -0.25) is 28.8 Å². The van der Waals surface area contributed by atoms with Crippen molar-refractivity contribution >= 4 is 63.5 Å². The monoisotopic (exact) mass is 651 g/mol. The molecule has 13 nitrogen and oxygen atoms in total. The molecule has 3 aromatic rings. The zero-order valence-corrected chi connectivity index (χ0v) is 26.9. The molecular formula is C35H33N5O8. The maximum absolute atomic E-state index is 13.8. The van der Waals surface area contributed by atoms with Gasteiger partial charge in [-0.2, -0.15) is 0 Å². The molecule has 0 bridgehead atoms. The number of piperazine rings is 1. The Hall–Kier alpha value is -5.85. The Kier molecular flexibility index (Phi) is 8.29. The summed E-state index contributed by atoms with van der Waals surface area (Å²) in [5, 5.41) is 0.610. The Labute approximate surface area is 275 Å². The molecule has 6 amide bonds. The quantitative estimate of drug-likeness (QED) is 0.278. The van der Waals surface area contributed by atoms with Crippen LogP contribution >= 0.6 is 0 Å². The average molecular weight is 652 g/mol. The molecule has 3 aliphatic heterocycles. The molecule has 2 aromatic carbocycles. The molecule has 0 radical (unpaired) electrons. The average Bonchev–Trinajstić information content (AvgIpc) is 3.49. The maximum atomic E-state index is 13.8. The van der Waals surface area contributed by atoms with Crippen molar-refractivity contribution < 1.29 is 33.2 Å². The second-order valence-corrected chi connectivity index (χ2v) is 11.8.